The molecule has 1 atom stereocenters. The van der Waals surface area contributed by atoms with E-state index >= 15 is 0 Å². The summed E-state index contributed by atoms with van der Waals surface area (Å²) in [6.45, 7) is 9.45. The molecule has 3 nitrogen and oxygen atoms in total. The Hall–Kier alpha value is -0.120. The number of rotatable bonds is 5. The number of hydrogen-bond acceptors (Lipinski definition) is 3. The van der Waals surface area contributed by atoms with Crippen LogP contribution >= 0.6 is 0 Å². The zero-order valence-electron chi connectivity index (χ0n) is 10.4. The standard InChI is InChI=1S/C12H26N2O/c1-10(2)11(13)4-7-14-12(3)5-8-15-9-6-12/h10-11,14H,4-9,13H2,1-3H3. The second kappa shape index (κ2) is 5.83. The monoisotopic (exact) mass is 214 g/mol. The molecule has 0 aromatic carbocycles. The molecule has 0 amide bonds. The highest BCUT2D eigenvalue weighted by Crippen LogP contribution is 2.19. The predicted octanol–water partition coefficient (Wildman–Crippen LogP) is 1.52. The fraction of sp³-hybridized carbons (Fsp3) is 1.00. The SMILES string of the molecule is CC(C)C(N)CCNC1(C)CCOCC1. The molecule has 1 aliphatic rings. The average molecular weight is 214 g/mol. The minimum absolute atomic E-state index is 0.273. The molecule has 15 heavy (non-hydrogen) atoms. The Morgan fingerprint density at radius 1 is 1.33 bits per heavy atom. The fourth-order valence-corrected chi connectivity index (χ4v) is 1.87. The lowest BCUT2D eigenvalue weighted by atomic mass is 9.92. The van der Waals surface area contributed by atoms with Crippen LogP contribution in [-0.2, 0) is 4.74 Å². The van der Waals surface area contributed by atoms with E-state index in [0.29, 0.717) is 12.0 Å². The number of ether oxygens (including phenoxy) is 1. The zero-order chi connectivity index (χ0) is 11.3. The molecule has 0 radical (unpaired) electrons. The lowest BCUT2D eigenvalue weighted by Gasteiger charge is -2.35. The summed E-state index contributed by atoms with van der Waals surface area (Å²) in [6, 6.07) is 0.320. The van der Waals surface area contributed by atoms with E-state index in [1.54, 1.807) is 0 Å². The zero-order valence-corrected chi connectivity index (χ0v) is 10.4. The van der Waals surface area contributed by atoms with Crippen molar-refractivity contribution in [1.82, 2.24) is 5.32 Å². The van der Waals surface area contributed by atoms with Gasteiger partial charge >= 0.3 is 0 Å². The lowest BCUT2D eigenvalue weighted by molar-refractivity contribution is 0.0450. The highest BCUT2D eigenvalue weighted by Gasteiger charge is 2.26. The van der Waals surface area contributed by atoms with Crippen LogP contribution in [0.15, 0.2) is 0 Å². The van der Waals surface area contributed by atoms with Gasteiger partial charge in [0.05, 0.1) is 0 Å². The van der Waals surface area contributed by atoms with Gasteiger partial charge in [-0.1, -0.05) is 13.8 Å². The quantitative estimate of drug-likeness (QED) is 0.729. The fourth-order valence-electron chi connectivity index (χ4n) is 1.87. The van der Waals surface area contributed by atoms with Crippen molar-refractivity contribution in [2.75, 3.05) is 19.8 Å². The van der Waals surface area contributed by atoms with Crippen LogP contribution in [0.2, 0.25) is 0 Å². The molecular formula is C12H26N2O. The number of nitrogens with one attached hydrogen (secondary N) is 1. The van der Waals surface area contributed by atoms with E-state index in [0.717, 1.165) is 39.0 Å². The third kappa shape index (κ3) is 4.49. The molecule has 0 aromatic rings. The van der Waals surface area contributed by atoms with E-state index in [9.17, 15) is 0 Å². The Kier molecular flexibility index (Phi) is 5.03. The van der Waals surface area contributed by atoms with Gasteiger partial charge in [0.2, 0.25) is 0 Å². The Bertz CT molecular complexity index is 176. The lowest BCUT2D eigenvalue weighted by Crippen LogP contribution is -2.48. The van der Waals surface area contributed by atoms with Crippen molar-refractivity contribution in [2.45, 2.75) is 51.6 Å². The highest BCUT2D eigenvalue weighted by atomic mass is 16.5. The van der Waals surface area contributed by atoms with Gasteiger partial charge in [0.25, 0.3) is 0 Å². The van der Waals surface area contributed by atoms with Crippen molar-refractivity contribution >= 4 is 0 Å². The molecule has 90 valence electrons. The highest BCUT2D eigenvalue weighted by molar-refractivity contribution is 4.85. The summed E-state index contributed by atoms with van der Waals surface area (Å²) in [5, 5.41) is 3.62. The van der Waals surface area contributed by atoms with E-state index in [-0.39, 0.29) is 5.54 Å². The first-order valence-corrected chi connectivity index (χ1v) is 6.12. The van der Waals surface area contributed by atoms with E-state index in [4.69, 9.17) is 10.5 Å². The molecule has 0 bridgehead atoms. The molecule has 1 heterocycles. The Morgan fingerprint density at radius 3 is 2.47 bits per heavy atom. The van der Waals surface area contributed by atoms with Gasteiger partial charge in [0.1, 0.15) is 0 Å². The maximum absolute atomic E-state index is 6.01. The molecule has 0 spiro atoms. The molecular weight excluding hydrogens is 188 g/mol. The first-order valence-electron chi connectivity index (χ1n) is 6.12. The normalized spacial score (nSPS) is 23.0. The summed E-state index contributed by atoms with van der Waals surface area (Å²) < 4.78 is 5.37. The summed E-state index contributed by atoms with van der Waals surface area (Å²) in [5.74, 6) is 0.578. The van der Waals surface area contributed by atoms with Gasteiger partial charge in [0.15, 0.2) is 0 Å². The van der Waals surface area contributed by atoms with Gasteiger partial charge < -0.3 is 15.8 Å². The molecule has 0 saturated carbocycles. The maximum atomic E-state index is 6.01. The van der Waals surface area contributed by atoms with Crippen LogP contribution in [-0.4, -0.2) is 31.3 Å². The Balaban J connectivity index is 2.18. The van der Waals surface area contributed by atoms with Gasteiger partial charge in [-0.25, -0.2) is 0 Å². The van der Waals surface area contributed by atoms with Crippen LogP contribution in [0.1, 0.15) is 40.0 Å². The number of nitrogens with two attached hydrogens (primary N) is 1. The summed E-state index contributed by atoms with van der Waals surface area (Å²) in [6.07, 6.45) is 3.29. The van der Waals surface area contributed by atoms with E-state index < -0.39 is 0 Å². The van der Waals surface area contributed by atoms with Crippen LogP contribution in [0.5, 0.6) is 0 Å². The van der Waals surface area contributed by atoms with Crippen molar-refractivity contribution in [3.63, 3.8) is 0 Å². The van der Waals surface area contributed by atoms with Crippen LogP contribution in [0.25, 0.3) is 0 Å². The molecule has 1 aliphatic heterocycles. The molecule has 1 fully saturated rings. The average Bonchev–Trinajstić information content (AvgIpc) is 2.18. The maximum Gasteiger partial charge on any atom is 0.0483 e. The topological polar surface area (TPSA) is 47.3 Å². The Morgan fingerprint density at radius 2 is 1.93 bits per heavy atom. The van der Waals surface area contributed by atoms with E-state index in [1.165, 1.54) is 0 Å². The molecule has 3 N–H and O–H groups in total. The van der Waals surface area contributed by atoms with Gasteiger partial charge in [-0.05, 0) is 38.6 Å². The van der Waals surface area contributed by atoms with Crippen LogP contribution in [0.3, 0.4) is 0 Å². The minimum Gasteiger partial charge on any atom is -0.381 e. The van der Waals surface area contributed by atoms with Gasteiger partial charge in [-0.2, -0.15) is 0 Å². The van der Waals surface area contributed by atoms with E-state index in [1.807, 2.05) is 0 Å². The van der Waals surface area contributed by atoms with Gasteiger partial charge in [0, 0.05) is 24.8 Å². The summed E-state index contributed by atoms with van der Waals surface area (Å²) >= 11 is 0. The summed E-state index contributed by atoms with van der Waals surface area (Å²) in [7, 11) is 0. The van der Waals surface area contributed by atoms with Crippen molar-refractivity contribution in [3.05, 3.63) is 0 Å². The predicted molar refractivity (Wildman–Crippen MR) is 63.9 cm³/mol. The van der Waals surface area contributed by atoms with Gasteiger partial charge in [-0.3, -0.25) is 0 Å². The Labute approximate surface area is 93.8 Å². The largest absolute Gasteiger partial charge is 0.381 e. The second-order valence-corrected chi connectivity index (χ2v) is 5.30. The first-order chi connectivity index (χ1) is 7.03. The third-order valence-corrected chi connectivity index (χ3v) is 3.48. The number of hydrogen-bond donors (Lipinski definition) is 2. The molecule has 0 aromatic heterocycles. The third-order valence-electron chi connectivity index (χ3n) is 3.48. The minimum atomic E-state index is 0.273. The van der Waals surface area contributed by atoms with Crippen LogP contribution in [0, 0.1) is 5.92 Å². The molecule has 1 saturated heterocycles. The summed E-state index contributed by atoms with van der Waals surface area (Å²) in [4.78, 5) is 0. The van der Waals surface area contributed by atoms with Crippen molar-refractivity contribution in [3.8, 4) is 0 Å². The van der Waals surface area contributed by atoms with Crippen molar-refractivity contribution < 1.29 is 4.74 Å². The van der Waals surface area contributed by atoms with Crippen LogP contribution in [0.4, 0.5) is 0 Å². The van der Waals surface area contributed by atoms with Crippen molar-refractivity contribution in [1.29, 1.82) is 0 Å². The second-order valence-electron chi connectivity index (χ2n) is 5.30. The molecule has 0 aliphatic carbocycles. The smallest absolute Gasteiger partial charge is 0.0483 e. The first kappa shape index (κ1) is 12.9. The van der Waals surface area contributed by atoms with Crippen molar-refractivity contribution in [2.24, 2.45) is 11.7 Å². The summed E-state index contributed by atoms with van der Waals surface area (Å²) in [5.41, 5.74) is 6.28. The molecule has 3 heteroatoms. The van der Waals surface area contributed by atoms with E-state index in [2.05, 4.69) is 26.1 Å². The van der Waals surface area contributed by atoms with Gasteiger partial charge in [-0.15, -0.1) is 0 Å². The molecule has 1 unspecified atom stereocenters. The van der Waals surface area contributed by atoms with Crippen LogP contribution < -0.4 is 11.1 Å². The molecule has 1 rings (SSSR count).